The Hall–Kier alpha value is -2.78. The van der Waals surface area contributed by atoms with Gasteiger partial charge in [0.05, 0.1) is 12.7 Å². The van der Waals surface area contributed by atoms with E-state index in [9.17, 15) is 4.79 Å². The molecule has 1 heterocycles. The van der Waals surface area contributed by atoms with Gasteiger partial charge < -0.3 is 9.64 Å². The zero-order valence-corrected chi connectivity index (χ0v) is 18.5. The van der Waals surface area contributed by atoms with Crippen molar-refractivity contribution in [2.45, 2.75) is 38.1 Å². The molecule has 0 fully saturated rings. The van der Waals surface area contributed by atoms with E-state index in [4.69, 9.17) is 16.3 Å². The van der Waals surface area contributed by atoms with Crippen molar-refractivity contribution in [3.05, 3.63) is 94.5 Å². The number of amides is 1. The molecule has 1 atom stereocenters. The lowest BCUT2D eigenvalue weighted by molar-refractivity contribution is 0.0946. The van der Waals surface area contributed by atoms with Gasteiger partial charge in [-0.25, -0.2) is 0 Å². The molecule has 0 aromatic heterocycles. The maximum atomic E-state index is 13.8. The van der Waals surface area contributed by atoms with Crippen LogP contribution in [0.2, 0.25) is 5.02 Å². The molecule has 1 amide bonds. The second-order valence-electron chi connectivity index (χ2n) is 8.69. The predicted octanol–water partition coefficient (Wildman–Crippen LogP) is 6.48. The summed E-state index contributed by atoms with van der Waals surface area (Å²) in [6.45, 7) is 6.51. The van der Waals surface area contributed by atoms with Gasteiger partial charge in [-0.3, -0.25) is 4.79 Å². The highest BCUT2D eigenvalue weighted by Crippen LogP contribution is 2.51. The lowest BCUT2D eigenvalue weighted by Crippen LogP contribution is -2.55. The van der Waals surface area contributed by atoms with Gasteiger partial charge in [-0.05, 0) is 61.7 Å². The molecule has 1 aliphatic rings. The monoisotopic (exact) mass is 419 g/mol. The second-order valence-corrected chi connectivity index (χ2v) is 9.12. The van der Waals surface area contributed by atoms with Crippen LogP contribution in [0.4, 0.5) is 5.69 Å². The minimum Gasteiger partial charge on any atom is -0.496 e. The van der Waals surface area contributed by atoms with Gasteiger partial charge in [0.15, 0.2) is 0 Å². The molecule has 3 aromatic rings. The molecule has 3 nitrogen and oxygen atoms in total. The lowest BCUT2D eigenvalue weighted by Gasteiger charge is -2.51. The van der Waals surface area contributed by atoms with E-state index in [1.54, 1.807) is 7.11 Å². The summed E-state index contributed by atoms with van der Waals surface area (Å²) < 4.78 is 5.47. The Kier molecular flexibility index (Phi) is 5.11. The van der Waals surface area contributed by atoms with E-state index in [0.717, 1.165) is 22.7 Å². The highest BCUT2D eigenvalue weighted by molar-refractivity contribution is 6.30. The summed E-state index contributed by atoms with van der Waals surface area (Å²) in [5.74, 6) is 0.532. The first-order valence-electron chi connectivity index (χ1n) is 10.1. The van der Waals surface area contributed by atoms with E-state index in [2.05, 4.69) is 39.0 Å². The molecular formula is C26H26ClNO2. The minimum absolute atomic E-state index is 0.0527. The quantitative estimate of drug-likeness (QED) is 0.486. The molecule has 30 heavy (non-hydrogen) atoms. The first-order chi connectivity index (χ1) is 14.3. The van der Waals surface area contributed by atoms with Crippen LogP contribution in [0.15, 0.2) is 72.8 Å². The number of halogens is 1. The topological polar surface area (TPSA) is 29.5 Å². The highest BCUT2D eigenvalue weighted by atomic mass is 35.5. The fraction of sp³-hybridized carbons (Fsp3) is 0.269. The Balaban J connectivity index is 1.89. The number of carbonyl (C=O) groups is 1. The van der Waals surface area contributed by atoms with Crippen molar-refractivity contribution >= 4 is 23.2 Å². The number of hydrogen-bond acceptors (Lipinski definition) is 2. The Morgan fingerprint density at radius 3 is 2.27 bits per heavy atom. The fourth-order valence-corrected chi connectivity index (χ4v) is 5.03. The van der Waals surface area contributed by atoms with Gasteiger partial charge in [0, 0.05) is 21.7 Å². The molecular weight excluding hydrogens is 394 g/mol. The van der Waals surface area contributed by atoms with Crippen LogP contribution in [0.5, 0.6) is 5.75 Å². The first-order valence-corrected chi connectivity index (χ1v) is 10.5. The molecule has 4 heteroatoms. The number of para-hydroxylation sites is 2. The summed E-state index contributed by atoms with van der Waals surface area (Å²) in [7, 11) is 1.60. The van der Waals surface area contributed by atoms with Gasteiger partial charge in [0.1, 0.15) is 5.75 Å². The summed E-state index contributed by atoms with van der Waals surface area (Å²) in [6.07, 6.45) is 0.777. The van der Waals surface area contributed by atoms with E-state index in [1.165, 1.54) is 5.56 Å². The Morgan fingerprint density at radius 2 is 1.57 bits per heavy atom. The van der Waals surface area contributed by atoms with E-state index in [1.807, 2.05) is 59.5 Å². The summed E-state index contributed by atoms with van der Waals surface area (Å²) in [5, 5.41) is 0.721. The third-order valence-corrected chi connectivity index (χ3v) is 6.40. The average molecular weight is 420 g/mol. The second kappa shape index (κ2) is 7.48. The predicted molar refractivity (Wildman–Crippen MR) is 123 cm³/mol. The SMILES string of the molecule is COc1ccccc1C(=O)N1c2ccccc2C(C)(c2ccc(Cl)cc2)CC1(C)C. The van der Waals surface area contributed by atoms with Crippen LogP contribution < -0.4 is 9.64 Å². The van der Waals surface area contributed by atoms with Crippen LogP contribution in [0.25, 0.3) is 0 Å². The fourth-order valence-electron chi connectivity index (χ4n) is 4.90. The Labute approximate surface area is 183 Å². The molecule has 1 unspecified atom stereocenters. The van der Waals surface area contributed by atoms with Crippen LogP contribution in [-0.4, -0.2) is 18.6 Å². The number of carbonyl (C=O) groups excluding carboxylic acids is 1. The molecule has 0 saturated heterocycles. The normalized spacial score (nSPS) is 19.8. The Bertz CT molecular complexity index is 1090. The molecule has 1 aliphatic heterocycles. The summed E-state index contributed by atoms with van der Waals surface area (Å²) >= 11 is 6.15. The lowest BCUT2D eigenvalue weighted by atomic mass is 9.65. The number of hydrogen-bond donors (Lipinski definition) is 0. The summed E-state index contributed by atoms with van der Waals surface area (Å²) in [6, 6.07) is 23.6. The molecule has 3 aromatic carbocycles. The molecule has 4 rings (SSSR count). The summed E-state index contributed by atoms with van der Waals surface area (Å²) in [5.41, 5.74) is 3.16. The van der Waals surface area contributed by atoms with Crippen molar-refractivity contribution in [1.29, 1.82) is 0 Å². The van der Waals surface area contributed by atoms with Crippen LogP contribution in [0.3, 0.4) is 0 Å². The van der Waals surface area contributed by atoms with Crippen molar-refractivity contribution in [2.24, 2.45) is 0 Å². The van der Waals surface area contributed by atoms with Crippen LogP contribution in [0.1, 0.15) is 48.7 Å². The highest BCUT2D eigenvalue weighted by Gasteiger charge is 2.48. The van der Waals surface area contributed by atoms with E-state index in [-0.39, 0.29) is 11.3 Å². The van der Waals surface area contributed by atoms with Crippen LogP contribution >= 0.6 is 11.6 Å². The number of benzene rings is 3. The average Bonchev–Trinajstić information content (AvgIpc) is 2.73. The van der Waals surface area contributed by atoms with E-state index >= 15 is 0 Å². The standard InChI is InChI=1S/C26H26ClNO2/c1-25(2)17-26(3,18-13-15-19(27)16-14-18)21-10-6-7-11-22(21)28(25)24(29)20-9-5-8-12-23(20)30-4/h5-16H,17H2,1-4H3. The number of methoxy groups -OCH3 is 1. The number of ether oxygens (including phenoxy) is 1. The first kappa shape index (κ1) is 20.5. The maximum Gasteiger partial charge on any atom is 0.262 e. The smallest absolute Gasteiger partial charge is 0.262 e. The van der Waals surface area contributed by atoms with Gasteiger partial charge in [-0.1, -0.05) is 61.0 Å². The number of rotatable bonds is 3. The number of fused-ring (bicyclic) bond motifs is 1. The van der Waals surface area contributed by atoms with E-state index in [0.29, 0.717) is 11.3 Å². The molecule has 154 valence electrons. The van der Waals surface area contributed by atoms with Gasteiger partial charge in [0.2, 0.25) is 0 Å². The third kappa shape index (κ3) is 3.27. The minimum atomic E-state index is -0.416. The molecule has 0 N–H and O–H groups in total. The van der Waals surface area contributed by atoms with Crippen molar-refractivity contribution in [3.8, 4) is 5.75 Å². The summed E-state index contributed by atoms with van der Waals surface area (Å²) in [4.78, 5) is 15.7. The van der Waals surface area contributed by atoms with Crippen molar-refractivity contribution < 1.29 is 9.53 Å². The van der Waals surface area contributed by atoms with Crippen LogP contribution in [0, 0.1) is 0 Å². The zero-order chi connectivity index (χ0) is 21.5. The van der Waals surface area contributed by atoms with Gasteiger partial charge in [-0.2, -0.15) is 0 Å². The van der Waals surface area contributed by atoms with Gasteiger partial charge in [-0.15, -0.1) is 0 Å². The van der Waals surface area contributed by atoms with Gasteiger partial charge >= 0.3 is 0 Å². The van der Waals surface area contributed by atoms with Crippen molar-refractivity contribution in [3.63, 3.8) is 0 Å². The third-order valence-electron chi connectivity index (χ3n) is 6.15. The number of anilines is 1. The largest absolute Gasteiger partial charge is 0.496 e. The molecule has 0 aliphatic carbocycles. The Morgan fingerprint density at radius 1 is 0.933 bits per heavy atom. The number of nitrogens with zero attached hydrogens (tertiary/aromatic N) is 1. The maximum absolute atomic E-state index is 13.8. The zero-order valence-electron chi connectivity index (χ0n) is 17.8. The van der Waals surface area contributed by atoms with Crippen LogP contribution in [-0.2, 0) is 5.41 Å². The molecule has 0 spiro atoms. The molecule has 0 radical (unpaired) electrons. The van der Waals surface area contributed by atoms with Crippen molar-refractivity contribution in [2.75, 3.05) is 12.0 Å². The molecule has 0 saturated carbocycles. The molecule has 0 bridgehead atoms. The van der Waals surface area contributed by atoms with Crippen molar-refractivity contribution in [1.82, 2.24) is 0 Å². The van der Waals surface area contributed by atoms with E-state index < -0.39 is 5.54 Å². The van der Waals surface area contributed by atoms with Gasteiger partial charge in [0.25, 0.3) is 5.91 Å².